The Balaban J connectivity index is 2.03. The molecule has 0 amide bonds. The highest BCUT2D eigenvalue weighted by molar-refractivity contribution is 8.23. The minimum atomic E-state index is -0.509. The van der Waals surface area contributed by atoms with Crippen molar-refractivity contribution in [1.82, 2.24) is 0 Å². The third-order valence-corrected chi connectivity index (χ3v) is 4.14. The molecule has 2 fully saturated rings. The summed E-state index contributed by atoms with van der Waals surface area (Å²) in [5.41, 5.74) is 0. The Morgan fingerprint density at radius 3 is 3.07 bits per heavy atom. The third kappa shape index (κ3) is 2.36. The Morgan fingerprint density at radius 1 is 1.73 bits per heavy atom. The predicted molar refractivity (Wildman–Crippen MR) is 63.2 cm³/mol. The molecule has 0 aromatic heterocycles. The number of fused-ring (bicyclic) bond motifs is 1. The van der Waals surface area contributed by atoms with Crippen molar-refractivity contribution in [2.45, 2.75) is 25.0 Å². The highest BCUT2D eigenvalue weighted by Gasteiger charge is 2.50. The Morgan fingerprint density at radius 2 is 2.47 bits per heavy atom. The minimum Gasteiger partial charge on any atom is -0.462 e. The molecule has 15 heavy (non-hydrogen) atoms. The second-order valence-electron chi connectivity index (χ2n) is 4.17. The van der Waals surface area contributed by atoms with Crippen LogP contribution >= 0.6 is 16.6 Å². The molecule has 1 heterocycles. The molecule has 84 valence electrons. The van der Waals surface area contributed by atoms with E-state index in [0.717, 1.165) is 6.42 Å². The number of hydrogen-bond acceptors (Lipinski definition) is 4. The zero-order valence-corrected chi connectivity index (χ0v) is 10.7. The van der Waals surface area contributed by atoms with Crippen LogP contribution in [0.25, 0.3) is 0 Å². The molecule has 0 aromatic carbocycles. The second-order valence-corrected chi connectivity index (χ2v) is 7.65. The lowest BCUT2D eigenvalue weighted by molar-refractivity contribution is -0.141. The summed E-state index contributed by atoms with van der Waals surface area (Å²) in [6, 6.07) is 0. The first-order valence-electron chi connectivity index (χ1n) is 5.07. The van der Waals surface area contributed by atoms with Gasteiger partial charge in [0.1, 0.15) is 6.10 Å². The maximum absolute atomic E-state index is 11.1. The van der Waals surface area contributed by atoms with E-state index in [-0.39, 0.29) is 36.6 Å². The third-order valence-electron chi connectivity index (χ3n) is 3.17. The smallest absolute Gasteiger partial charge is 0.306 e. The van der Waals surface area contributed by atoms with Gasteiger partial charge in [0.05, 0.1) is 12.5 Å². The SMILES string of the molecule is BP(P)O[C@@H]1C[C@@H]2OC(=O)C[C@@H]2C1CO. The average Bonchev–Trinajstić information content (AvgIpc) is 2.59. The Labute approximate surface area is 93.4 Å². The molecular weight excluding hydrogens is 233 g/mol. The topological polar surface area (TPSA) is 55.8 Å². The van der Waals surface area contributed by atoms with Crippen LogP contribution in [0, 0.1) is 11.8 Å². The van der Waals surface area contributed by atoms with Gasteiger partial charge in [-0.1, -0.05) is 8.93 Å². The fourth-order valence-corrected chi connectivity index (χ4v) is 3.68. The molecule has 1 N–H and O–H groups in total. The number of ether oxygens (including phenoxy) is 1. The zero-order valence-electron chi connectivity index (χ0n) is 8.63. The van der Waals surface area contributed by atoms with Crippen molar-refractivity contribution in [2.24, 2.45) is 11.8 Å². The number of hydrogen-bond donors (Lipinski definition) is 1. The van der Waals surface area contributed by atoms with Crippen LogP contribution < -0.4 is 0 Å². The van der Waals surface area contributed by atoms with Gasteiger partial charge in [-0.15, -0.1) is 0 Å². The van der Waals surface area contributed by atoms with E-state index >= 15 is 0 Å². The molecule has 0 aromatic rings. The van der Waals surface area contributed by atoms with Crippen molar-refractivity contribution in [2.75, 3.05) is 6.61 Å². The average molecular weight is 248 g/mol. The summed E-state index contributed by atoms with van der Waals surface area (Å²) in [5.74, 6) is 0.0888. The van der Waals surface area contributed by atoms with E-state index in [1.54, 1.807) is 0 Å². The number of aliphatic hydroxyl groups excluding tert-OH is 1. The summed E-state index contributed by atoms with van der Waals surface area (Å²) in [5, 5.41) is 9.34. The lowest BCUT2D eigenvalue weighted by atomic mass is 9.93. The fourth-order valence-electron chi connectivity index (χ4n) is 2.55. The van der Waals surface area contributed by atoms with E-state index in [9.17, 15) is 9.90 Å². The molecule has 2 aliphatic rings. The summed E-state index contributed by atoms with van der Waals surface area (Å²) in [6.07, 6.45) is 1.20. The van der Waals surface area contributed by atoms with Gasteiger partial charge in [0.25, 0.3) is 0 Å². The van der Waals surface area contributed by atoms with Gasteiger partial charge in [-0.3, -0.25) is 4.79 Å². The monoisotopic (exact) mass is 248 g/mol. The van der Waals surface area contributed by atoms with Crippen molar-refractivity contribution >= 4 is 30.2 Å². The second kappa shape index (κ2) is 4.67. The van der Waals surface area contributed by atoms with E-state index in [1.165, 1.54) is 0 Å². The van der Waals surface area contributed by atoms with E-state index in [1.807, 2.05) is 7.57 Å². The summed E-state index contributed by atoms with van der Waals surface area (Å²) < 4.78 is 11.0. The minimum absolute atomic E-state index is 0.0281. The van der Waals surface area contributed by atoms with Crippen LogP contribution in [0.15, 0.2) is 0 Å². The van der Waals surface area contributed by atoms with Crippen molar-refractivity contribution in [3.05, 3.63) is 0 Å². The molecule has 6 atom stereocenters. The van der Waals surface area contributed by atoms with Crippen molar-refractivity contribution in [3.63, 3.8) is 0 Å². The van der Waals surface area contributed by atoms with Gasteiger partial charge in [0.2, 0.25) is 0 Å². The molecule has 0 bridgehead atoms. The summed E-state index contributed by atoms with van der Waals surface area (Å²) in [7, 11) is 4.14. The normalized spacial score (nSPS) is 41.3. The van der Waals surface area contributed by atoms with Gasteiger partial charge >= 0.3 is 5.97 Å². The zero-order chi connectivity index (χ0) is 11.0. The van der Waals surface area contributed by atoms with Crippen LogP contribution in [0.2, 0.25) is 0 Å². The molecule has 7 heteroatoms. The first-order valence-corrected chi connectivity index (χ1v) is 8.40. The van der Waals surface area contributed by atoms with Crippen LogP contribution in [0.5, 0.6) is 0 Å². The fraction of sp³-hybridized carbons (Fsp3) is 0.875. The van der Waals surface area contributed by atoms with Gasteiger partial charge in [0, 0.05) is 24.9 Å². The summed E-state index contributed by atoms with van der Waals surface area (Å²) in [4.78, 5) is 11.1. The molecule has 3 unspecified atom stereocenters. The van der Waals surface area contributed by atoms with Crippen molar-refractivity contribution < 1.29 is 19.2 Å². The number of aliphatic hydroxyl groups is 1. The molecule has 1 aliphatic carbocycles. The van der Waals surface area contributed by atoms with Crippen LogP contribution in [-0.2, 0) is 14.1 Å². The number of rotatable bonds is 3. The van der Waals surface area contributed by atoms with E-state index in [4.69, 9.17) is 9.26 Å². The molecule has 1 aliphatic heterocycles. The van der Waals surface area contributed by atoms with Gasteiger partial charge in [-0.25, -0.2) is 0 Å². The summed E-state index contributed by atoms with van der Waals surface area (Å²) in [6.45, 7) is 0.0797. The predicted octanol–water partition coefficient (Wildman–Crippen LogP) is 0.0506. The van der Waals surface area contributed by atoms with Crippen molar-refractivity contribution in [3.8, 4) is 0 Å². The van der Waals surface area contributed by atoms with Gasteiger partial charge in [-0.05, 0) is 7.72 Å². The van der Waals surface area contributed by atoms with Crippen molar-refractivity contribution in [1.29, 1.82) is 0 Å². The lowest BCUT2D eigenvalue weighted by Gasteiger charge is -2.22. The van der Waals surface area contributed by atoms with E-state index < -0.39 is 7.72 Å². The van der Waals surface area contributed by atoms with E-state index in [0.29, 0.717) is 6.42 Å². The molecule has 0 radical (unpaired) electrons. The molecule has 1 saturated carbocycles. The molecule has 4 nitrogen and oxygen atoms in total. The van der Waals surface area contributed by atoms with Gasteiger partial charge in [-0.2, -0.15) is 0 Å². The maximum atomic E-state index is 11.1. The first kappa shape index (κ1) is 11.8. The van der Waals surface area contributed by atoms with Crippen LogP contribution in [-0.4, -0.2) is 37.5 Å². The quantitative estimate of drug-likeness (QED) is 0.435. The maximum Gasteiger partial charge on any atom is 0.306 e. The largest absolute Gasteiger partial charge is 0.462 e. The highest BCUT2D eigenvalue weighted by Crippen LogP contribution is 2.49. The number of carbonyl (C=O) groups is 1. The van der Waals surface area contributed by atoms with E-state index in [2.05, 4.69) is 8.93 Å². The lowest BCUT2D eigenvalue weighted by Crippen LogP contribution is -2.24. The molecular formula is C8H15BO4P2. The highest BCUT2D eigenvalue weighted by atomic mass is 32.0. The number of carbonyl (C=O) groups excluding carboxylic acids is 1. The first-order chi connectivity index (χ1) is 7.11. The van der Waals surface area contributed by atoms with Gasteiger partial charge < -0.3 is 14.4 Å². The standard InChI is InChI=1S/C8H15BO4P2/c9-15(14)13-7-2-6-4(5(7)3-10)1-8(11)12-6/h4-7,10H,1-3,9,14H2/t4-,5?,6+,7-,15?/m1/s1. The van der Waals surface area contributed by atoms with Crippen LogP contribution in [0.4, 0.5) is 0 Å². The Bertz CT molecular complexity index is 263. The Hall–Kier alpha value is 0.315. The molecule has 0 spiro atoms. The molecule has 2 rings (SSSR count). The molecule has 1 saturated heterocycles. The summed E-state index contributed by atoms with van der Waals surface area (Å²) >= 11 is 0. The number of esters is 1. The van der Waals surface area contributed by atoms with Gasteiger partial charge in [0.15, 0.2) is 7.57 Å². The van der Waals surface area contributed by atoms with Crippen LogP contribution in [0.3, 0.4) is 0 Å². The van der Waals surface area contributed by atoms with Crippen LogP contribution in [0.1, 0.15) is 12.8 Å². The Kier molecular flexibility index (Phi) is 3.67.